The van der Waals surface area contributed by atoms with Crippen molar-refractivity contribution in [3.8, 4) is 23.0 Å². The van der Waals surface area contributed by atoms with E-state index < -0.39 is 24.2 Å². The molecule has 0 saturated carbocycles. The summed E-state index contributed by atoms with van der Waals surface area (Å²) < 4.78 is 29.7. The number of unbranched alkanes of at least 4 members (excludes halogenated alkanes) is 3. The summed E-state index contributed by atoms with van der Waals surface area (Å²) in [6, 6.07) is 8.57. The Kier molecular flexibility index (Phi) is 14.6. The van der Waals surface area contributed by atoms with Crippen LogP contribution in [0, 0.1) is 0 Å². The van der Waals surface area contributed by atoms with Gasteiger partial charge in [0, 0.05) is 12.1 Å². The third kappa shape index (κ3) is 12.1. The lowest BCUT2D eigenvalue weighted by Crippen LogP contribution is -2.13. The summed E-state index contributed by atoms with van der Waals surface area (Å²) in [4.78, 5) is 64.2. The second-order valence-corrected chi connectivity index (χ2v) is 7.86. The van der Waals surface area contributed by atoms with Crippen LogP contribution in [0.5, 0.6) is 23.0 Å². The Morgan fingerprint density at radius 2 is 0.810 bits per heavy atom. The van der Waals surface area contributed by atoms with E-state index in [1.165, 1.54) is 52.7 Å². The van der Waals surface area contributed by atoms with Crippen molar-refractivity contribution in [1.82, 2.24) is 0 Å². The summed E-state index contributed by atoms with van der Waals surface area (Å²) in [5.74, 6) is -0.567. The van der Waals surface area contributed by atoms with Crippen LogP contribution in [0.4, 0.5) is 9.59 Å². The van der Waals surface area contributed by atoms with E-state index in [2.05, 4.69) is 29.6 Å². The standard InChI is InChI=1S/C26H30O16/c1-31-19-11-17(12-20(15-19)32-2)23(27)37-41-39-25(29)35-9-7-5-6-8-10-36-26(30)40-42-38-24(28)18-13-21(33-3)16-22(14-18)34-4/h11-16H,5-10H2,1-4H3. The zero-order chi connectivity index (χ0) is 30.7. The van der Waals surface area contributed by atoms with Gasteiger partial charge in [0.1, 0.15) is 23.0 Å². The zero-order valence-corrected chi connectivity index (χ0v) is 23.2. The van der Waals surface area contributed by atoms with Crippen LogP contribution in [0.2, 0.25) is 0 Å². The van der Waals surface area contributed by atoms with E-state index in [1.807, 2.05) is 0 Å². The second kappa shape index (κ2) is 18.4. The molecule has 42 heavy (non-hydrogen) atoms. The number of benzene rings is 2. The Labute approximate surface area is 239 Å². The number of ether oxygens (including phenoxy) is 6. The molecule has 0 aromatic heterocycles. The van der Waals surface area contributed by atoms with Gasteiger partial charge in [-0.1, -0.05) is 0 Å². The van der Waals surface area contributed by atoms with Gasteiger partial charge in [-0.15, -0.1) is 0 Å². The molecule has 16 heteroatoms. The zero-order valence-electron chi connectivity index (χ0n) is 23.2. The van der Waals surface area contributed by atoms with Crippen molar-refractivity contribution in [1.29, 1.82) is 0 Å². The fourth-order valence-electron chi connectivity index (χ4n) is 3.01. The number of carbonyl (C=O) groups is 4. The summed E-state index contributed by atoms with van der Waals surface area (Å²) in [5.41, 5.74) is 0.0596. The topological polar surface area (TPSA) is 179 Å². The first-order valence-electron chi connectivity index (χ1n) is 12.2. The van der Waals surface area contributed by atoms with Gasteiger partial charge in [-0.2, -0.15) is 0 Å². The average Bonchev–Trinajstić information content (AvgIpc) is 3.01. The number of hydrogen-bond donors (Lipinski definition) is 0. The lowest BCUT2D eigenvalue weighted by Gasteiger charge is -2.07. The van der Waals surface area contributed by atoms with Gasteiger partial charge in [0.15, 0.2) is 0 Å². The third-order valence-corrected chi connectivity index (χ3v) is 5.08. The van der Waals surface area contributed by atoms with Crippen LogP contribution in [0.25, 0.3) is 0 Å². The Bertz CT molecular complexity index is 1040. The molecule has 0 radical (unpaired) electrons. The molecule has 0 amide bonds. The number of carbonyl (C=O) groups excluding carboxylic acids is 4. The van der Waals surface area contributed by atoms with Gasteiger partial charge in [-0.3, -0.25) is 9.78 Å². The van der Waals surface area contributed by atoms with Crippen LogP contribution in [0.15, 0.2) is 36.4 Å². The lowest BCUT2D eigenvalue weighted by atomic mass is 10.2. The SMILES string of the molecule is COc1cc(OC)cc(C(=O)OOOC(=O)OCCCCCCOC(=O)OOOC(=O)c2cc(OC)cc(OC)c2)c1. The largest absolute Gasteiger partial charge is 0.543 e. The molecule has 230 valence electrons. The van der Waals surface area contributed by atoms with Crippen molar-refractivity contribution in [2.24, 2.45) is 0 Å². The lowest BCUT2D eigenvalue weighted by molar-refractivity contribution is -0.452. The molecule has 2 aromatic carbocycles. The quantitative estimate of drug-likeness (QED) is 0.109. The average molecular weight is 599 g/mol. The Balaban J connectivity index is 1.49. The van der Waals surface area contributed by atoms with Crippen molar-refractivity contribution in [2.45, 2.75) is 25.7 Å². The van der Waals surface area contributed by atoms with Crippen LogP contribution >= 0.6 is 0 Å². The molecule has 0 aliphatic rings. The summed E-state index contributed by atoms with van der Waals surface area (Å²) in [7, 11) is 5.64. The van der Waals surface area contributed by atoms with Gasteiger partial charge in [-0.25, -0.2) is 29.0 Å². The molecule has 0 spiro atoms. The molecular weight excluding hydrogens is 568 g/mol. The van der Waals surface area contributed by atoms with Crippen LogP contribution < -0.4 is 18.9 Å². The minimum Gasteiger partial charge on any atom is -0.497 e. The van der Waals surface area contributed by atoms with Crippen molar-refractivity contribution < 1.29 is 77.2 Å². The number of rotatable bonds is 17. The van der Waals surface area contributed by atoms with Gasteiger partial charge >= 0.3 is 24.2 Å². The minimum absolute atomic E-state index is 0.00943. The van der Waals surface area contributed by atoms with Crippen LogP contribution in [-0.4, -0.2) is 65.9 Å². The summed E-state index contributed by atoms with van der Waals surface area (Å²) >= 11 is 0. The highest BCUT2D eigenvalue weighted by Crippen LogP contribution is 2.24. The molecule has 0 saturated heterocycles. The molecule has 16 nitrogen and oxygen atoms in total. The molecule has 0 N–H and O–H groups in total. The van der Waals surface area contributed by atoms with E-state index >= 15 is 0 Å². The highest BCUT2D eigenvalue weighted by atomic mass is 17.5. The summed E-state index contributed by atoms with van der Waals surface area (Å²) in [5, 5.41) is 8.32. The summed E-state index contributed by atoms with van der Waals surface area (Å²) in [6.45, 7) is -0.0189. The fraction of sp³-hybridized carbons (Fsp3) is 0.385. The summed E-state index contributed by atoms with van der Waals surface area (Å²) in [6.07, 6.45) is -0.311. The normalized spacial score (nSPS) is 10.1. The maximum absolute atomic E-state index is 12.0. The van der Waals surface area contributed by atoms with E-state index in [1.54, 1.807) is 12.1 Å². The monoisotopic (exact) mass is 598 g/mol. The number of methoxy groups -OCH3 is 4. The van der Waals surface area contributed by atoms with Gasteiger partial charge in [0.25, 0.3) is 0 Å². The van der Waals surface area contributed by atoms with Crippen molar-refractivity contribution in [3.63, 3.8) is 0 Å². The molecule has 2 aromatic rings. The molecule has 0 unspecified atom stereocenters. The van der Waals surface area contributed by atoms with Gasteiger partial charge in [0.05, 0.1) is 62.9 Å². The smallest absolute Gasteiger partial charge is 0.497 e. The second-order valence-electron chi connectivity index (χ2n) is 7.86. The highest BCUT2D eigenvalue weighted by molar-refractivity contribution is 5.90. The Morgan fingerprint density at radius 1 is 0.476 bits per heavy atom. The minimum atomic E-state index is -1.22. The maximum Gasteiger partial charge on any atom is 0.543 e. The molecule has 0 fully saturated rings. The molecule has 0 bridgehead atoms. The van der Waals surface area contributed by atoms with Gasteiger partial charge in [0.2, 0.25) is 0 Å². The third-order valence-electron chi connectivity index (χ3n) is 5.08. The molecule has 2 rings (SSSR count). The van der Waals surface area contributed by atoms with Gasteiger partial charge < -0.3 is 28.4 Å². The Hall–Kier alpha value is -4.96. The van der Waals surface area contributed by atoms with E-state index in [9.17, 15) is 19.2 Å². The fourth-order valence-corrected chi connectivity index (χ4v) is 3.01. The van der Waals surface area contributed by atoms with Crippen molar-refractivity contribution >= 4 is 24.2 Å². The van der Waals surface area contributed by atoms with E-state index in [0.29, 0.717) is 48.7 Å². The first kappa shape index (κ1) is 33.2. The Morgan fingerprint density at radius 3 is 1.12 bits per heavy atom. The van der Waals surface area contributed by atoms with E-state index in [-0.39, 0.29) is 24.3 Å². The predicted octanol–water partition coefficient (Wildman–Crippen LogP) is 4.29. The predicted molar refractivity (Wildman–Crippen MR) is 135 cm³/mol. The first-order chi connectivity index (χ1) is 20.3. The number of hydrogen-bond acceptors (Lipinski definition) is 16. The van der Waals surface area contributed by atoms with Crippen LogP contribution in [0.1, 0.15) is 46.4 Å². The van der Waals surface area contributed by atoms with E-state index in [4.69, 9.17) is 28.4 Å². The maximum atomic E-state index is 12.0. The highest BCUT2D eigenvalue weighted by Gasteiger charge is 2.16. The van der Waals surface area contributed by atoms with Crippen molar-refractivity contribution in [2.75, 3.05) is 41.7 Å². The molecular formula is C26H30O16. The van der Waals surface area contributed by atoms with E-state index in [0.717, 1.165) is 0 Å². The molecule has 0 aliphatic heterocycles. The molecule has 0 atom stereocenters. The molecule has 0 aliphatic carbocycles. The van der Waals surface area contributed by atoms with Crippen molar-refractivity contribution in [3.05, 3.63) is 47.5 Å². The van der Waals surface area contributed by atoms with Gasteiger partial charge in [-0.05, 0) is 49.9 Å². The van der Waals surface area contributed by atoms with Crippen LogP contribution in [-0.2, 0) is 39.1 Å². The van der Waals surface area contributed by atoms with Crippen LogP contribution in [0.3, 0.4) is 0 Å². The molecule has 0 heterocycles. The first-order valence-corrected chi connectivity index (χ1v) is 12.2.